The molecule has 3 nitrogen and oxygen atoms in total. The van der Waals surface area contributed by atoms with Gasteiger partial charge in [0.05, 0.1) is 5.56 Å². The van der Waals surface area contributed by atoms with Gasteiger partial charge in [0.2, 0.25) is 0 Å². The van der Waals surface area contributed by atoms with Gasteiger partial charge in [-0.05, 0) is 38.1 Å². The van der Waals surface area contributed by atoms with Gasteiger partial charge in [0.1, 0.15) is 11.3 Å². The zero-order valence-corrected chi connectivity index (χ0v) is 12.0. The molecule has 0 aliphatic carbocycles. The second-order valence-corrected chi connectivity index (χ2v) is 4.93. The van der Waals surface area contributed by atoms with Crippen molar-refractivity contribution in [2.24, 2.45) is 0 Å². The number of rotatable bonds is 3. The van der Waals surface area contributed by atoms with Crippen molar-refractivity contribution >= 4 is 16.7 Å². The van der Waals surface area contributed by atoms with E-state index in [0.717, 1.165) is 16.6 Å². The fourth-order valence-corrected chi connectivity index (χ4v) is 2.26. The Balaban J connectivity index is 2.11. The molecule has 0 unspecified atom stereocenters. The van der Waals surface area contributed by atoms with Crippen molar-refractivity contribution in [2.45, 2.75) is 13.8 Å². The summed E-state index contributed by atoms with van der Waals surface area (Å²) in [7, 11) is 0. The summed E-state index contributed by atoms with van der Waals surface area (Å²) in [4.78, 5) is 16.2. The molecule has 0 aliphatic rings. The van der Waals surface area contributed by atoms with Gasteiger partial charge in [-0.2, -0.15) is 0 Å². The summed E-state index contributed by atoms with van der Waals surface area (Å²) in [5.41, 5.74) is 2.30. The van der Waals surface area contributed by atoms with Gasteiger partial charge in [-0.3, -0.25) is 4.79 Å². The summed E-state index contributed by atoms with van der Waals surface area (Å²) in [6.45, 7) is 3.48. The first-order chi connectivity index (χ1) is 10.1. The van der Waals surface area contributed by atoms with Gasteiger partial charge in [0.25, 0.3) is 0 Å². The number of nitrogens with zero attached hydrogens (tertiary/aromatic N) is 1. The van der Waals surface area contributed by atoms with E-state index in [4.69, 9.17) is 4.74 Å². The van der Waals surface area contributed by atoms with Crippen molar-refractivity contribution in [1.29, 1.82) is 0 Å². The third kappa shape index (κ3) is 2.63. The van der Waals surface area contributed by atoms with E-state index in [1.54, 1.807) is 12.1 Å². The molecule has 0 atom stereocenters. The van der Waals surface area contributed by atoms with Crippen LogP contribution >= 0.6 is 0 Å². The average Bonchev–Trinajstić information content (AvgIpc) is 2.48. The topological polar surface area (TPSA) is 39.2 Å². The molecule has 0 radical (unpaired) electrons. The van der Waals surface area contributed by atoms with E-state index in [0.29, 0.717) is 17.1 Å². The fourth-order valence-electron chi connectivity index (χ4n) is 2.26. The van der Waals surface area contributed by atoms with E-state index in [1.165, 1.54) is 6.92 Å². The molecule has 2 aromatic carbocycles. The maximum Gasteiger partial charge on any atom is 0.163 e. The number of benzene rings is 2. The molecule has 1 heterocycles. The standard InChI is InChI=1S/C18H15NO2/c1-12-10-11-14-6-5-9-17(18(14)19-12)21-16-8-4-3-7-15(16)13(2)20/h3-11H,1-2H3. The van der Waals surface area contributed by atoms with Gasteiger partial charge in [-0.1, -0.05) is 30.3 Å². The Hall–Kier alpha value is -2.68. The number of aromatic nitrogens is 1. The normalized spacial score (nSPS) is 10.6. The lowest BCUT2D eigenvalue weighted by atomic mass is 10.1. The van der Waals surface area contributed by atoms with Crippen molar-refractivity contribution in [1.82, 2.24) is 4.98 Å². The van der Waals surface area contributed by atoms with Crippen molar-refractivity contribution in [3.63, 3.8) is 0 Å². The van der Waals surface area contributed by atoms with Crippen LogP contribution in [0.3, 0.4) is 0 Å². The summed E-state index contributed by atoms with van der Waals surface area (Å²) in [5.74, 6) is 1.20. The molecule has 104 valence electrons. The highest BCUT2D eigenvalue weighted by molar-refractivity contribution is 5.97. The highest BCUT2D eigenvalue weighted by atomic mass is 16.5. The number of para-hydroxylation sites is 2. The molecule has 3 aromatic rings. The SMILES string of the molecule is CC(=O)c1ccccc1Oc1cccc2ccc(C)nc12. The van der Waals surface area contributed by atoms with Crippen LogP contribution in [0.25, 0.3) is 10.9 Å². The number of pyridine rings is 1. The van der Waals surface area contributed by atoms with Gasteiger partial charge in [-0.25, -0.2) is 4.98 Å². The Morgan fingerprint density at radius 2 is 1.71 bits per heavy atom. The van der Waals surface area contributed by atoms with Crippen LogP contribution in [0.2, 0.25) is 0 Å². The summed E-state index contributed by atoms with van der Waals surface area (Å²) in [5, 5.41) is 1.01. The van der Waals surface area contributed by atoms with Crippen LogP contribution < -0.4 is 4.74 Å². The molecule has 3 rings (SSSR count). The number of carbonyl (C=O) groups is 1. The Bertz CT molecular complexity index is 824. The number of fused-ring (bicyclic) bond motifs is 1. The highest BCUT2D eigenvalue weighted by Crippen LogP contribution is 2.30. The zero-order valence-electron chi connectivity index (χ0n) is 12.0. The molecular formula is C18H15NO2. The van der Waals surface area contributed by atoms with E-state index in [9.17, 15) is 4.79 Å². The Labute approximate surface area is 123 Å². The monoisotopic (exact) mass is 277 g/mol. The second-order valence-electron chi connectivity index (χ2n) is 4.93. The number of hydrogen-bond acceptors (Lipinski definition) is 3. The molecule has 0 amide bonds. The minimum absolute atomic E-state index is 0.0185. The van der Waals surface area contributed by atoms with Gasteiger partial charge in [0, 0.05) is 11.1 Å². The molecule has 21 heavy (non-hydrogen) atoms. The summed E-state index contributed by atoms with van der Waals surface area (Å²) < 4.78 is 5.96. The Morgan fingerprint density at radius 1 is 0.952 bits per heavy atom. The minimum Gasteiger partial charge on any atom is -0.454 e. The largest absolute Gasteiger partial charge is 0.454 e. The molecule has 0 saturated heterocycles. The molecule has 0 saturated carbocycles. The molecular weight excluding hydrogens is 262 g/mol. The molecule has 0 fully saturated rings. The molecule has 0 aliphatic heterocycles. The van der Waals surface area contributed by atoms with E-state index in [-0.39, 0.29) is 5.78 Å². The lowest BCUT2D eigenvalue weighted by Crippen LogP contribution is -1.97. The highest BCUT2D eigenvalue weighted by Gasteiger charge is 2.11. The first-order valence-corrected chi connectivity index (χ1v) is 6.79. The van der Waals surface area contributed by atoms with Crippen LogP contribution in [0.5, 0.6) is 11.5 Å². The van der Waals surface area contributed by atoms with Crippen molar-refractivity contribution < 1.29 is 9.53 Å². The summed E-state index contributed by atoms with van der Waals surface area (Å²) in [6, 6.07) is 17.0. The maximum absolute atomic E-state index is 11.7. The van der Waals surface area contributed by atoms with E-state index >= 15 is 0 Å². The Morgan fingerprint density at radius 3 is 2.52 bits per heavy atom. The number of aryl methyl sites for hydroxylation is 1. The third-order valence-electron chi connectivity index (χ3n) is 3.31. The molecule has 3 heteroatoms. The lowest BCUT2D eigenvalue weighted by molar-refractivity contribution is 0.101. The van der Waals surface area contributed by atoms with Crippen LogP contribution in [0.15, 0.2) is 54.6 Å². The van der Waals surface area contributed by atoms with Crippen molar-refractivity contribution in [2.75, 3.05) is 0 Å². The van der Waals surface area contributed by atoms with Gasteiger partial charge in [-0.15, -0.1) is 0 Å². The predicted molar refractivity (Wildman–Crippen MR) is 83.0 cm³/mol. The lowest BCUT2D eigenvalue weighted by Gasteiger charge is -2.11. The van der Waals surface area contributed by atoms with Crippen LogP contribution in [-0.4, -0.2) is 10.8 Å². The predicted octanol–water partition coefficient (Wildman–Crippen LogP) is 4.54. The number of carbonyl (C=O) groups excluding carboxylic acids is 1. The van der Waals surface area contributed by atoms with Crippen LogP contribution in [-0.2, 0) is 0 Å². The number of hydrogen-bond donors (Lipinski definition) is 0. The quantitative estimate of drug-likeness (QED) is 0.660. The zero-order chi connectivity index (χ0) is 14.8. The van der Waals surface area contributed by atoms with Crippen molar-refractivity contribution in [3.05, 3.63) is 65.9 Å². The van der Waals surface area contributed by atoms with E-state index in [1.807, 2.05) is 49.4 Å². The number of ketones is 1. The first-order valence-electron chi connectivity index (χ1n) is 6.79. The maximum atomic E-state index is 11.7. The van der Waals surface area contributed by atoms with E-state index in [2.05, 4.69) is 4.98 Å². The third-order valence-corrected chi connectivity index (χ3v) is 3.31. The molecule has 0 bridgehead atoms. The average molecular weight is 277 g/mol. The molecule has 1 aromatic heterocycles. The first kappa shape index (κ1) is 13.3. The van der Waals surface area contributed by atoms with Gasteiger partial charge < -0.3 is 4.74 Å². The van der Waals surface area contributed by atoms with Crippen LogP contribution in [0.1, 0.15) is 23.0 Å². The van der Waals surface area contributed by atoms with Gasteiger partial charge in [0.15, 0.2) is 11.5 Å². The number of Topliss-reactive ketones (excluding diaryl/α,β-unsaturated/α-hetero) is 1. The summed E-state index contributed by atoms with van der Waals surface area (Å²) in [6.07, 6.45) is 0. The van der Waals surface area contributed by atoms with Crippen LogP contribution in [0.4, 0.5) is 0 Å². The fraction of sp³-hybridized carbons (Fsp3) is 0.111. The van der Waals surface area contributed by atoms with E-state index < -0.39 is 0 Å². The summed E-state index contributed by atoms with van der Waals surface area (Å²) >= 11 is 0. The molecule has 0 spiro atoms. The van der Waals surface area contributed by atoms with Crippen LogP contribution in [0, 0.1) is 6.92 Å². The number of ether oxygens (including phenoxy) is 1. The minimum atomic E-state index is -0.0185. The second kappa shape index (κ2) is 5.37. The van der Waals surface area contributed by atoms with Gasteiger partial charge >= 0.3 is 0 Å². The van der Waals surface area contributed by atoms with Crippen molar-refractivity contribution in [3.8, 4) is 11.5 Å². The molecule has 0 N–H and O–H groups in total. The Kier molecular flexibility index (Phi) is 3.40. The smallest absolute Gasteiger partial charge is 0.163 e.